The molecule has 0 fully saturated rings. The first-order valence-electron chi connectivity index (χ1n) is 15.2. The van der Waals surface area contributed by atoms with Gasteiger partial charge < -0.3 is 9.32 Å². The molecule has 0 aliphatic carbocycles. The molecule has 45 heavy (non-hydrogen) atoms. The van der Waals surface area contributed by atoms with Crippen LogP contribution in [0.2, 0.25) is 0 Å². The molecule has 2 heterocycles. The highest BCUT2D eigenvalue weighted by Crippen LogP contribution is 2.50. The molecule has 0 spiro atoms. The second-order valence-corrected chi connectivity index (χ2v) is 12.4. The minimum Gasteiger partial charge on any atom is -0.454 e. The van der Waals surface area contributed by atoms with Crippen LogP contribution in [0, 0.1) is 0 Å². The van der Waals surface area contributed by atoms with Gasteiger partial charge in [-0.15, -0.1) is 11.3 Å². The van der Waals surface area contributed by atoms with Crippen LogP contribution in [-0.2, 0) is 0 Å². The summed E-state index contributed by atoms with van der Waals surface area (Å²) in [7, 11) is 0. The number of rotatable bonds is 5. The SMILES string of the molecule is c1ccc(-c2cc(-c3ccccc3)cc(N(c3ccccc3)c3cc4c5ccccc5sc4c4oc5ccccc5c34)c2)cc1. The Balaban J connectivity index is 1.42. The summed E-state index contributed by atoms with van der Waals surface area (Å²) in [5, 5.41) is 4.70. The van der Waals surface area contributed by atoms with Gasteiger partial charge in [0.25, 0.3) is 0 Å². The van der Waals surface area contributed by atoms with Crippen LogP contribution >= 0.6 is 11.3 Å². The zero-order valence-electron chi connectivity index (χ0n) is 24.4. The quantitative estimate of drug-likeness (QED) is 0.197. The molecule has 0 unspecified atom stereocenters. The van der Waals surface area contributed by atoms with Crippen molar-refractivity contribution in [3.8, 4) is 22.3 Å². The molecular weight excluding hydrogens is 567 g/mol. The fourth-order valence-electron chi connectivity index (χ4n) is 6.56. The van der Waals surface area contributed by atoms with Gasteiger partial charge in [-0.1, -0.05) is 115 Å². The van der Waals surface area contributed by atoms with Crippen molar-refractivity contribution in [2.24, 2.45) is 0 Å². The average molecular weight is 594 g/mol. The summed E-state index contributed by atoms with van der Waals surface area (Å²) in [6, 6.07) is 58.4. The summed E-state index contributed by atoms with van der Waals surface area (Å²) in [4.78, 5) is 2.41. The Hall–Kier alpha value is -5.64. The first-order valence-corrected chi connectivity index (χ1v) is 16.0. The van der Waals surface area contributed by atoms with Crippen LogP contribution in [-0.4, -0.2) is 0 Å². The van der Waals surface area contributed by atoms with Crippen molar-refractivity contribution in [1.82, 2.24) is 0 Å². The van der Waals surface area contributed by atoms with Gasteiger partial charge in [-0.2, -0.15) is 0 Å². The van der Waals surface area contributed by atoms with E-state index in [1.54, 1.807) is 11.3 Å². The topological polar surface area (TPSA) is 16.4 Å². The number of benzene rings is 7. The fourth-order valence-corrected chi connectivity index (χ4v) is 7.73. The van der Waals surface area contributed by atoms with Gasteiger partial charge in [-0.25, -0.2) is 0 Å². The molecule has 0 aliphatic heterocycles. The van der Waals surface area contributed by atoms with Crippen LogP contribution in [0.4, 0.5) is 17.1 Å². The Morgan fingerprint density at radius 2 is 1.02 bits per heavy atom. The molecule has 0 saturated carbocycles. The Kier molecular flexibility index (Phi) is 6.03. The van der Waals surface area contributed by atoms with Crippen molar-refractivity contribution in [2.45, 2.75) is 0 Å². The van der Waals surface area contributed by atoms with Crippen molar-refractivity contribution >= 4 is 70.5 Å². The third-order valence-electron chi connectivity index (χ3n) is 8.62. The van der Waals surface area contributed by atoms with E-state index in [9.17, 15) is 0 Å². The lowest BCUT2D eigenvalue weighted by Gasteiger charge is -2.28. The Labute approximate surface area is 265 Å². The molecule has 0 saturated heterocycles. The summed E-state index contributed by atoms with van der Waals surface area (Å²) in [5.74, 6) is 0. The zero-order valence-corrected chi connectivity index (χ0v) is 25.2. The number of fused-ring (bicyclic) bond motifs is 7. The third kappa shape index (κ3) is 4.32. The van der Waals surface area contributed by atoms with Crippen molar-refractivity contribution in [2.75, 3.05) is 4.90 Å². The van der Waals surface area contributed by atoms with E-state index in [2.05, 4.69) is 169 Å². The fraction of sp³-hybridized carbons (Fsp3) is 0. The van der Waals surface area contributed by atoms with Gasteiger partial charge in [0.2, 0.25) is 0 Å². The maximum Gasteiger partial charge on any atom is 0.155 e. The van der Waals surface area contributed by atoms with Crippen molar-refractivity contribution in [3.63, 3.8) is 0 Å². The molecule has 9 rings (SSSR count). The van der Waals surface area contributed by atoms with E-state index >= 15 is 0 Å². The predicted octanol–water partition coefficient (Wildman–Crippen LogP) is 12.8. The first kappa shape index (κ1) is 25.8. The third-order valence-corrected chi connectivity index (χ3v) is 9.80. The Morgan fingerprint density at radius 3 is 1.71 bits per heavy atom. The zero-order chi connectivity index (χ0) is 29.7. The van der Waals surface area contributed by atoms with Crippen LogP contribution in [0.1, 0.15) is 0 Å². The largest absolute Gasteiger partial charge is 0.454 e. The summed E-state index contributed by atoms with van der Waals surface area (Å²) in [6.45, 7) is 0. The molecule has 0 amide bonds. The highest BCUT2D eigenvalue weighted by Gasteiger charge is 2.24. The average Bonchev–Trinajstić information content (AvgIpc) is 3.69. The molecule has 0 radical (unpaired) electrons. The molecule has 9 aromatic rings. The highest BCUT2D eigenvalue weighted by molar-refractivity contribution is 7.26. The van der Waals surface area contributed by atoms with Crippen LogP contribution < -0.4 is 4.90 Å². The van der Waals surface area contributed by atoms with Gasteiger partial charge in [-0.3, -0.25) is 0 Å². The van der Waals surface area contributed by atoms with E-state index in [-0.39, 0.29) is 0 Å². The van der Waals surface area contributed by atoms with Crippen molar-refractivity contribution in [1.29, 1.82) is 0 Å². The number of hydrogen-bond acceptors (Lipinski definition) is 3. The number of furan rings is 1. The molecule has 2 aromatic heterocycles. The summed E-state index contributed by atoms with van der Waals surface area (Å²) in [5.41, 5.74) is 9.82. The number of thiophene rings is 1. The summed E-state index contributed by atoms with van der Waals surface area (Å²) in [6.07, 6.45) is 0. The smallest absolute Gasteiger partial charge is 0.155 e. The van der Waals surface area contributed by atoms with Gasteiger partial charge in [0, 0.05) is 32.2 Å². The lowest BCUT2D eigenvalue weighted by molar-refractivity contribution is 0.673. The normalized spacial score (nSPS) is 11.6. The molecule has 0 aliphatic rings. The Bertz CT molecular complexity index is 2420. The number of hydrogen-bond donors (Lipinski definition) is 0. The van der Waals surface area contributed by atoms with E-state index in [1.807, 2.05) is 0 Å². The summed E-state index contributed by atoms with van der Waals surface area (Å²) >= 11 is 1.81. The lowest BCUT2D eigenvalue weighted by atomic mass is 9.97. The van der Waals surface area contributed by atoms with E-state index in [0.29, 0.717) is 0 Å². The van der Waals surface area contributed by atoms with Gasteiger partial charge in [0.1, 0.15) is 5.58 Å². The molecule has 0 N–H and O–H groups in total. The second-order valence-electron chi connectivity index (χ2n) is 11.3. The molecule has 0 atom stereocenters. The van der Waals surface area contributed by atoms with Crippen LogP contribution in [0.25, 0.3) is 64.4 Å². The molecule has 3 heteroatoms. The summed E-state index contributed by atoms with van der Waals surface area (Å²) < 4.78 is 9.17. The number of para-hydroxylation sites is 2. The van der Waals surface area contributed by atoms with Gasteiger partial charge >= 0.3 is 0 Å². The molecule has 2 nitrogen and oxygen atoms in total. The Morgan fingerprint density at radius 1 is 0.444 bits per heavy atom. The minimum atomic E-state index is 0.898. The van der Waals surface area contributed by atoms with E-state index in [1.165, 1.54) is 42.4 Å². The van der Waals surface area contributed by atoms with Gasteiger partial charge in [-0.05, 0) is 70.8 Å². The number of nitrogens with zero attached hydrogens (tertiary/aromatic N) is 1. The second kappa shape index (κ2) is 10.5. The van der Waals surface area contributed by atoms with E-state index < -0.39 is 0 Å². The molecule has 7 aromatic carbocycles. The van der Waals surface area contributed by atoms with E-state index in [0.717, 1.165) is 39.0 Å². The first-order chi connectivity index (χ1) is 22.3. The van der Waals surface area contributed by atoms with Crippen molar-refractivity contribution in [3.05, 3.63) is 164 Å². The minimum absolute atomic E-state index is 0.898. The molecule has 0 bridgehead atoms. The predicted molar refractivity (Wildman–Crippen MR) is 192 cm³/mol. The lowest BCUT2D eigenvalue weighted by Crippen LogP contribution is -2.10. The monoisotopic (exact) mass is 593 g/mol. The maximum atomic E-state index is 6.73. The van der Waals surface area contributed by atoms with E-state index in [4.69, 9.17) is 4.42 Å². The van der Waals surface area contributed by atoms with Crippen LogP contribution in [0.5, 0.6) is 0 Å². The van der Waals surface area contributed by atoms with Crippen LogP contribution in [0.3, 0.4) is 0 Å². The van der Waals surface area contributed by atoms with Gasteiger partial charge in [0.05, 0.1) is 15.8 Å². The highest BCUT2D eigenvalue weighted by atomic mass is 32.1. The maximum absolute atomic E-state index is 6.73. The van der Waals surface area contributed by atoms with Gasteiger partial charge in [0.15, 0.2) is 5.58 Å². The van der Waals surface area contributed by atoms with Crippen LogP contribution in [0.15, 0.2) is 168 Å². The standard InChI is InChI=1S/C42H27NOS/c1-4-14-28(15-5-1)30-24-31(29-16-6-2-7-17-29)26-33(25-30)43(32-18-8-3-9-19-32)37-27-36-34-20-11-13-23-39(34)45-42(36)41-40(37)35-21-10-12-22-38(35)44-41/h1-27H. The number of anilines is 3. The molecular formula is C42H27NOS. The van der Waals surface area contributed by atoms with Crippen molar-refractivity contribution < 1.29 is 4.42 Å². The molecule has 212 valence electrons.